The van der Waals surface area contributed by atoms with Gasteiger partial charge in [-0.3, -0.25) is 9.59 Å². The molecule has 0 bridgehead atoms. The van der Waals surface area contributed by atoms with Gasteiger partial charge < -0.3 is 4.90 Å². The third-order valence-electron chi connectivity index (χ3n) is 3.49. The highest BCUT2D eigenvalue weighted by Crippen LogP contribution is 2.32. The minimum atomic E-state index is -4.39. The third-order valence-corrected chi connectivity index (χ3v) is 4.47. The van der Waals surface area contributed by atoms with Crippen LogP contribution in [0, 0.1) is 0 Å². The number of nitrogens with zero attached hydrogens (tertiary/aromatic N) is 1. The average Bonchev–Trinajstić information content (AvgIpc) is 2.75. The summed E-state index contributed by atoms with van der Waals surface area (Å²) in [6, 6.07) is 5.40. The summed E-state index contributed by atoms with van der Waals surface area (Å²) in [6.07, 6.45) is -3.97. The molecule has 1 atom stereocenters. The summed E-state index contributed by atoms with van der Waals surface area (Å²) in [7, 11) is 0. The van der Waals surface area contributed by atoms with Crippen LogP contribution in [0.15, 0.2) is 24.3 Å². The zero-order valence-electron chi connectivity index (χ0n) is 12.0. The molecule has 3 nitrogen and oxygen atoms in total. The number of hydrogen-bond donors (Lipinski definition) is 0. The molecule has 1 fully saturated rings. The highest BCUT2D eigenvalue weighted by molar-refractivity contribution is 8.14. The Labute approximate surface area is 130 Å². The van der Waals surface area contributed by atoms with E-state index in [1.54, 1.807) is 6.07 Å². The Hall–Kier alpha value is -1.50. The number of likely N-dealkylation sites (tertiary alicyclic amines) is 1. The third kappa shape index (κ3) is 4.25. The molecule has 1 aromatic rings. The Balaban J connectivity index is 1.99. The quantitative estimate of drug-likeness (QED) is 0.851. The zero-order chi connectivity index (χ0) is 16.3. The van der Waals surface area contributed by atoms with Crippen molar-refractivity contribution in [3.63, 3.8) is 0 Å². The largest absolute Gasteiger partial charge is 0.416 e. The average molecular weight is 331 g/mol. The van der Waals surface area contributed by atoms with Gasteiger partial charge in [0.1, 0.15) is 0 Å². The van der Waals surface area contributed by atoms with E-state index in [1.165, 1.54) is 24.0 Å². The maximum absolute atomic E-state index is 12.9. The first kappa shape index (κ1) is 16.9. The first-order chi connectivity index (χ1) is 10.3. The van der Waals surface area contributed by atoms with Crippen LogP contribution in [0.3, 0.4) is 0 Å². The standard InChI is InChI=1S/C15H16F3NO2S/c1-10(20)22-12-8-14(21)19(9-12)7-6-11-4-2-3-5-13(11)15(16,17)18/h2-5,12H,6-9H2,1H3. The van der Waals surface area contributed by atoms with E-state index >= 15 is 0 Å². The molecule has 1 heterocycles. The van der Waals surface area contributed by atoms with E-state index in [2.05, 4.69) is 0 Å². The van der Waals surface area contributed by atoms with Gasteiger partial charge in [0.05, 0.1) is 5.56 Å². The summed E-state index contributed by atoms with van der Waals surface area (Å²) in [5.74, 6) is -0.108. The molecule has 0 spiro atoms. The second-order valence-corrected chi connectivity index (χ2v) is 6.66. The van der Waals surface area contributed by atoms with E-state index in [-0.39, 0.29) is 41.2 Å². The lowest BCUT2D eigenvalue weighted by atomic mass is 10.0. The van der Waals surface area contributed by atoms with Crippen LogP contribution < -0.4 is 0 Å². The van der Waals surface area contributed by atoms with Gasteiger partial charge in [-0.25, -0.2) is 0 Å². The monoisotopic (exact) mass is 331 g/mol. The van der Waals surface area contributed by atoms with Crippen LogP contribution in [-0.2, 0) is 22.2 Å². The SMILES string of the molecule is CC(=O)SC1CC(=O)N(CCc2ccccc2C(F)(F)F)C1. The lowest BCUT2D eigenvalue weighted by Gasteiger charge is -2.18. The molecule has 0 aliphatic carbocycles. The fraction of sp³-hybridized carbons (Fsp3) is 0.467. The molecule has 1 aromatic carbocycles. The predicted molar refractivity (Wildman–Crippen MR) is 78.4 cm³/mol. The number of rotatable bonds is 4. The number of thioether (sulfide) groups is 1. The van der Waals surface area contributed by atoms with E-state index in [9.17, 15) is 22.8 Å². The Morgan fingerprint density at radius 3 is 2.68 bits per heavy atom. The van der Waals surface area contributed by atoms with Crippen molar-refractivity contribution in [1.82, 2.24) is 4.90 Å². The van der Waals surface area contributed by atoms with E-state index in [4.69, 9.17) is 0 Å². The molecule has 1 aliphatic heterocycles. The Morgan fingerprint density at radius 2 is 2.05 bits per heavy atom. The molecule has 1 unspecified atom stereocenters. The lowest BCUT2D eigenvalue weighted by Crippen LogP contribution is -2.28. The fourth-order valence-electron chi connectivity index (χ4n) is 2.54. The Kier molecular flexibility index (Phi) is 5.16. The van der Waals surface area contributed by atoms with Gasteiger partial charge in [-0.05, 0) is 18.1 Å². The van der Waals surface area contributed by atoms with E-state index in [1.807, 2.05) is 0 Å². The molecule has 1 aliphatic rings. The molecule has 0 N–H and O–H groups in total. The number of carbonyl (C=O) groups excluding carboxylic acids is 2. The summed E-state index contributed by atoms with van der Waals surface area (Å²) in [6.45, 7) is 2.09. The van der Waals surface area contributed by atoms with Gasteiger partial charge >= 0.3 is 6.18 Å². The maximum atomic E-state index is 12.9. The summed E-state index contributed by atoms with van der Waals surface area (Å²) in [5.41, 5.74) is -0.471. The van der Waals surface area contributed by atoms with Gasteiger partial charge in [0, 0.05) is 31.7 Å². The van der Waals surface area contributed by atoms with Crippen molar-refractivity contribution >= 4 is 22.8 Å². The van der Waals surface area contributed by atoms with Crippen molar-refractivity contribution < 1.29 is 22.8 Å². The molecule has 22 heavy (non-hydrogen) atoms. The van der Waals surface area contributed by atoms with Crippen molar-refractivity contribution in [2.24, 2.45) is 0 Å². The van der Waals surface area contributed by atoms with Crippen LogP contribution in [-0.4, -0.2) is 34.3 Å². The second kappa shape index (κ2) is 6.73. The zero-order valence-corrected chi connectivity index (χ0v) is 12.8. The van der Waals surface area contributed by atoms with Crippen LogP contribution in [0.4, 0.5) is 13.2 Å². The smallest absolute Gasteiger partial charge is 0.341 e. The van der Waals surface area contributed by atoms with Crippen LogP contribution in [0.1, 0.15) is 24.5 Å². The van der Waals surface area contributed by atoms with Crippen molar-refractivity contribution in [2.45, 2.75) is 31.2 Å². The van der Waals surface area contributed by atoms with E-state index in [0.717, 1.165) is 17.8 Å². The number of hydrogen-bond acceptors (Lipinski definition) is 3. The first-order valence-corrected chi connectivity index (χ1v) is 7.75. The number of halogens is 3. The molecule has 1 saturated heterocycles. The summed E-state index contributed by atoms with van der Waals surface area (Å²) in [4.78, 5) is 24.4. The van der Waals surface area contributed by atoms with E-state index in [0.29, 0.717) is 6.54 Å². The lowest BCUT2D eigenvalue weighted by molar-refractivity contribution is -0.138. The van der Waals surface area contributed by atoms with E-state index < -0.39 is 11.7 Å². The number of amides is 1. The Bertz CT molecular complexity index is 574. The predicted octanol–water partition coefficient (Wildman–Crippen LogP) is 3.13. The molecule has 1 amide bonds. The highest BCUT2D eigenvalue weighted by atomic mass is 32.2. The molecule has 0 radical (unpaired) electrons. The molecular weight excluding hydrogens is 315 g/mol. The van der Waals surface area contributed by atoms with Crippen molar-refractivity contribution in [3.05, 3.63) is 35.4 Å². The second-order valence-electron chi connectivity index (χ2n) is 5.18. The Morgan fingerprint density at radius 1 is 1.36 bits per heavy atom. The van der Waals surface area contributed by atoms with Crippen LogP contribution >= 0.6 is 11.8 Å². The topological polar surface area (TPSA) is 37.4 Å². The van der Waals surface area contributed by atoms with Crippen LogP contribution in [0.5, 0.6) is 0 Å². The first-order valence-electron chi connectivity index (χ1n) is 6.87. The summed E-state index contributed by atoms with van der Waals surface area (Å²) < 4.78 is 38.7. The summed E-state index contributed by atoms with van der Waals surface area (Å²) >= 11 is 1.12. The maximum Gasteiger partial charge on any atom is 0.416 e. The van der Waals surface area contributed by atoms with Gasteiger partial charge in [0.15, 0.2) is 5.12 Å². The number of carbonyl (C=O) groups is 2. The minimum absolute atomic E-state index is 0.0536. The number of benzene rings is 1. The fourth-order valence-corrected chi connectivity index (χ4v) is 3.49. The van der Waals surface area contributed by atoms with Gasteiger partial charge in [-0.1, -0.05) is 30.0 Å². The molecule has 2 rings (SSSR count). The molecule has 7 heteroatoms. The van der Waals surface area contributed by atoms with Crippen LogP contribution in [0.25, 0.3) is 0 Å². The summed E-state index contributed by atoms with van der Waals surface area (Å²) in [5, 5.41) is -0.148. The molecule has 0 aromatic heterocycles. The highest BCUT2D eigenvalue weighted by Gasteiger charge is 2.34. The number of alkyl halides is 3. The van der Waals surface area contributed by atoms with Crippen molar-refractivity contribution in [3.8, 4) is 0 Å². The molecule has 0 saturated carbocycles. The van der Waals surface area contributed by atoms with Crippen LogP contribution in [0.2, 0.25) is 0 Å². The van der Waals surface area contributed by atoms with Gasteiger partial charge in [-0.2, -0.15) is 13.2 Å². The van der Waals surface area contributed by atoms with Gasteiger partial charge in [-0.15, -0.1) is 0 Å². The normalized spacial score (nSPS) is 18.8. The van der Waals surface area contributed by atoms with Gasteiger partial charge in [0.25, 0.3) is 0 Å². The van der Waals surface area contributed by atoms with Gasteiger partial charge in [0.2, 0.25) is 5.91 Å². The minimum Gasteiger partial charge on any atom is -0.341 e. The van der Waals surface area contributed by atoms with Crippen molar-refractivity contribution in [2.75, 3.05) is 13.1 Å². The molecular formula is C15H16F3NO2S. The molecule has 120 valence electrons. The van der Waals surface area contributed by atoms with Crippen molar-refractivity contribution in [1.29, 1.82) is 0 Å².